The zero-order valence-corrected chi connectivity index (χ0v) is 11.7. The van der Waals surface area contributed by atoms with E-state index >= 15 is 0 Å². The maximum Gasteiger partial charge on any atom is 0.0663 e. The molecule has 1 aromatic rings. The van der Waals surface area contributed by atoms with Gasteiger partial charge in [-0.25, -0.2) is 0 Å². The number of methoxy groups -OCH3 is 1. The zero-order valence-electron chi connectivity index (χ0n) is 11.0. The smallest absolute Gasteiger partial charge is 0.0663 e. The van der Waals surface area contributed by atoms with Gasteiger partial charge in [-0.1, -0.05) is 18.5 Å². The molecule has 0 spiro atoms. The standard InChI is InChI=1S/C13H21ClN2O/c1-5-11(9-17-4)15-12-8-10(14)6-7-13(12)16(2)3/h6-8,11,15H,5,9H2,1-4H3. The Labute approximate surface area is 109 Å². The van der Waals surface area contributed by atoms with Crippen LogP contribution in [0.2, 0.25) is 5.02 Å². The van der Waals surface area contributed by atoms with Crippen LogP contribution in [0.4, 0.5) is 11.4 Å². The van der Waals surface area contributed by atoms with Crippen molar-refractivity contribution >= 4 is 23.0 Å². The van der Waals surface area contributed by atoms with Crippen LogP contribution in [-0.2, 0) is 4.74 Å². The number of hydrogen-bond acceptors (Lipinski definition) is 3. The summed E-state index contributed by atoms with van der Waals surface area (Å²) in [6.45, 7) is 2.83. The van der Waals surface area contributed by atoms with Gasteiger partial charge < -0.3 is 15.0 Å². The summed E-state index contributed by atoms with van der Waals surface area (Å²) >= 11 is 6.04. The van der Waals surface area contributed by atoms with E-state index in [9.17, 15) is 0 Å². The number of benzene rings is 1. The first-order chi connectivity index (χ1) is 8.08. The first-order valence-electron chi connectivity index (χ1n) is 5.80. The molecule has 0 aliphatic heterocycles. The Bertz CT molecular complexity index is 355. The molecule has 1 unspecified atom stereocenters. The van der Waals surface area contributed by atoms with Gasteiger partial charge in [0, 0.05) is 32.3 Å². The number of nitrogens with zero attached hydrogens (tertiary/aromatic N) is 1. The molecular formula is C13H21ClN2O. The minimum atomic E-state index is 0.303. The Morgan fingerprint density at radius 2 is 2.12 bits per heavy atom. The number of halogens is 1. The molecule has 4 heteroatoms. The fourth-order valence-corrected chi connectivity index (χ4v) is 1.87. The summed E-state index contributed by atoms with van der Waals surface area (Å²) in [6.07, 6.45) is 1.01. The predicted octanol–water partition coefficient (Wildman–Crippen LogP) is 3.24. The van der Waals surface area contributed by atoms with E-state index in [1.807, 2.05) is 32.3 Å². The van der Waals surface area contributed by atoms with Gasteiger partial charge in [0.2, 0.25) is 0 Å². The molecule has 1 N–H and O–H groups in total. The van der Waals surface area contributed by atoms with Crippen LogP contribution < -0.4 is 10.2 Å². The molecule has 0 bridgehead atoms. The number of anilines is 2. The lowest BCUT2D eigenvalue weighted by molar-refractivity contribution is 0.184. The van der Waals surface area contributed by atoms with E-state index in [1.54, 1.807) is 7.11 Å². The van der Waals surface area contributed by atoms with Gasteiger partial charge in [-0.2, -0.15) is 0 Å². The monoisotopic (exact) mass is 256 g/mol. The third-order valence-corrected chi connectivity index (χ3v) is 2.90. The number of ether oxygens (including phenoxy) is 1. The SMILES string of the molecule is CCC(COC)Nc1cc(Cl)ccc1N(C)C. The van der Waals surface area contributed by atoms with Crippen molar-refractivity contribution in [2.24, 2.45) is 0 Å². The Kier molecular flexibility index (Phi) is 5.59. The fourth-order valence-electron chi connectivity index (χ4n) is 1.70. The second-order valence-corrected chi connectivity index (χ2v) is 4.70. The molecule has 1 aromatic carbocycles. The second-order valence-electron chi connectivity index (χ2n) is 4.26. The number of nitrogens with one attached hydrogen (secondary N) is 1. The van der Waals surface area contributed by atoms with Crippen LogP contribution in [0.25, 0.3) is 0 Å². The zero-order chi connectivity index (χ0) is 12.8. The van der Waals surface area contributed by atoms with E-state index in [1.165, 1.54) is 0 Å². The lowest BCUT2D eigenvalue weighted by Crippen LogP contribution is -2.25. The van der Waals surface area contributed by atoms with Crippen LogP contribution in [0, 0.1) is 0 Å². The molecular weight excluding hydrogens is 236 g/mol. The van der Waals surface area contributed by atoms with Crippen molar-refractivity contribution in [1.29, 1.82) is 0 Å². The summed E-state index contributed by atoms with van der Waals surface area (Å²) in [5, 5.41) is 4.21. The lowest BCUT2D eigenvalue weighted by atomic mass is 10.2. The summed E-state index contributed by atoms with van der Waals surface area (Å²) in [4.78, 5) is 2.07. The van der Waals surface area contributed by atoms with Gasteiger partial charge in [0.25, 0.3) is 0 Å². The van der Waals surface area contributed by atoms with Crippen molar-refractivity contribution in [3.05, 3.63) is 23.2 Å². The molecule has 0 saturated heterocycles. The third kappa shape index (κ3) is 4.10. The maximum absolute atomic E-state index is 6.04. The van der Waals surface area contributed by atoms with E-state index < -0.39 is 0 Å². The highest BCUT2D eigenvalue weighted by atomic mass is 35.5. The number of rotatable bonds is 6. The highest BCUT2D eigenvalue weighted by Crippen LogP contribution is 2.28. The van der Waals surface area contributed by atoms with E-state index in [4.69, 9.17) is 16.3 Å². The molecule has 1 rings (SSSR count). The van der Waals surface area contributed by atoms with Gasteiger partial charge in [-0.3, -0.25) is 0 Å². The van der Waals surface area contributed by atoms with Gasteiger partial charge in [-0.05, 0) is 24.6 Å². The molecule has 0 aliphatic rings. The topological polar surface area (TPSA) is 24.5 Å². The Balaban J connectivity index is 2.90. The van der Waals surface area contributed by atoms with Crippen molar-refractivity contribution in [1.82, 2.24) is 0 Å². The third-order valence-electron chi connectivity index (χ3n) is 2.66. The Morgan fingerprint density at radius 1 is 1.41 bits per heavy atom. The molecule has 3 nitrogen and oxygen atoms in total. The summed E-state index contributed by atoms with van der Waals surface area (Å²) in [5.74, 6) is 0. The Morgan fingerprint density at radius 3 is 2.65 bits per heavy atom. The number of hydrogen-bond donors (Lipinski definition) is 1. The summed E-state index contributed by atoms with van der Waals surface area (Å²) in [5.41, 5.74) is 2.18. The van der Waals surface area contributed by atoms with Gasteiger partial charge in [0.1, 0.15) is 0 Å². The largest absolute Gasteiger partial charge is 0.383 e. The molecule has 0 radical (unpaired) electrons. The van der Waals surface area contributed by atoms with Gasteiger partial charge in [-0.15, -0.1) is 0 Å². The van der Waals surface area contributed by atoms with E-state index in [0.29, 0.717) is 12.6 Å². The molecule has 0 heterocycles. The highest BCUT2D eigenvalue weighted by molar-refractivity contribution is 6.31. The van der Waals surface area contributed by atoms with Gasteiger partial charge in [0.15, 0.2) is 0 Å². The van der Waals surface area contributed by atoms with Crippen molar-refractivity contribution in [2.45, 2.75) is 19.4 Å². The second kappa shape index (κ2) is 6.72. The first kappa shape index (κ1) is 14.1. The quantitative estimate of drug-likeness (QED) is 0.846. The van der Waals surface area contributed by atoms with Crippen LogP contribution in [0.5, 0.6) is 0 Å². The molecule has 17 heavy (non-hydrogen) atoms. The van der Waals surface area contributed by atoms with E-state index in [0.717, 1.165) is 22.8 Å². The lowest BCUT2D eigenvalue weighted by Gasteiger charge is -2.23. The highest BCUT2D eigenvalue weighted by Gasteiger charge is 2.10. The maximum atomic E-state index is 6.04. The molecule has 0 fully saturated rings. The van der Waals surface area contributed by atoms with E-state index in [-0.39, 0.29) is 0 Å². The van der Waals surface area contributed by atoms with Crippen LogP contribution in [0.3, 0.4) is 0 Å². The van der Waals surface area contributed by atoms with E-state index in [2.05, 4.69) is 17.1 Å². The van der Waals surface area contributed by atoms with Crippen LogP contribution in [-0.4, -0.2) is 33.9 Å². The summed E-state index contributed by atoms with van der Waals surface area (Å²) < 4.78 is 5.19. The molecule has 96 valence electrons. The minimum absolute atomic E-state index is 0.303. The van der Waals surface area contributed by atoms with Crippen molar-refractivity contribution in [3.8, 4) is 0 Å². The average molecular weight is 257 g/mol. The summed E-state index contributed by atoms with van der Waals surface area (Å²) in [6, 6.07) is 6.18. The Hall–Kier alpha value is -0.930. The van der Waals surface area contributed by atoms with Crippen molar-refractivity contribution < 1.29 is 4.74 Å². The predicted molar refractivity (Wildman–Crippen MR) is 75.4 cm³/mol. The van der Waals surface area contributed by atoms with Gasteiger partial charge >= 0.3 is 0 Å². The minimum Gasteiger partial charge on any atom is -0.383 e. The molecule has 1 atom stereocenters. The van der Waals surface area contributed by atoms with Crippen LogP contribution in [0.15, 0.2) is 18.2 Å². The average Bonchev–Trinajstić information content (AvgIpc) is 2.28. The normalized spacial score (nSPS) is 12.3. The molecule has 0 aromatic heterocycles. The first-order valence-corrected chi connectivity index (χ1v) is 6.18. The molecule has 0 amide bonds. The summed E-state index contributed by atoms with van der Waals surface area (Å²) in [7, 11) is 5.76. The van der Waals surface area contributed by atoms with Crippen molar-refractivity contribution in [3.63, 3.8) is 0 Å². The van der Waals surface area contributed by atoms with Crippen LogP contribution >= 0.6 is 11.6 Å². The van der Waals surface area contributed by atoms with Crippen LogP contribution in [0.1, 0.15) is 13.3 Å². The fraction of sp³-hybridized carbons (Fsp3) is 0.538. The van der Waals surface area contributed by atoms with Gasteiger partial charge in [0.05, 0.1) is 18.0 Å². The molecule has 0 saturated carbocycles. The van der Waals surface area contributed by atoms with Crippen molar-refractivity contribution in [2.75, 3.05) is 38.0 Å². The molecule has 0 aliphatic carbocycles.